The van der Waals surface area contributed by atoms with Crippen LogP contribution >= 0.6 is 0 Å². The highest BCUT2D eigenvalue weighted by atomic mass is 16.1. The largest absolute Gasteiger partial charge is 0.299 e. The molecule has 66 valence electrons. The number of hydrogen-bond donors (Lipinski definition) is 0. The fraction of sp³-hybridized carbons (Fsp3) is 0.600. The maximum absolute atomic E-state index is 9.96. The highest BCUT2D eigenvalue weighted by Crippen LogP contribution is 2.09. The van der Waals surface area contributed by atoms with E-state index in [1.807, 2.05) is 0 Å². The molecule has 0 aromatic heterocycles. The molecule has 0 heterocycles. The molecular weight excluding hydrogens is 150 g/mol. The monoisotopic (exact) mass is 165 g/mol. The van der Waals surface area contributed by atoms with Gasteiger partial charge in [-0.25, -0.2) is 0 Å². The van der Waals surface area contributed by atoms with Gasteiger partial charge in [0.05, 0.1) is 12.0 Å². The fourth-order valence-electron chi connectivity index (χ4n) is 0.998. The van der Waals surface area contributed by atoms with E-state index in [0.717, 1.165) is 25.7 Å². The summed E-state index contributed by atoms with van der Waals surface area (Å²) in [6, 6.07) is 2.15. The summed E-state index contributed by atoms with van der Waals surface area (Å²) in [7, 11) is 0. The van der Waals surface area contributed by atoms with Crippen molar-refractivity contribution in [3.05, 3.63) is 12.2 Å². The van der Waals surface area contributed by atoms with E-state index in [0.29, 0.717) is 6.29 Å². The van der Waals surface area contributed by atoms with Crippen LogP contribution in [-0.2, 0) is 4.79 Å². The SMILES string of the molecule is CCCCCC(C#N)/C=C/C=O. The molecule has 0 radical (unpaired) electrons. The first-order valence-corrected chi connectivity index (χ1v) is 4.36. The Morgan fingerprint density at radius 3 is 2.75 bits per heavy atom. The van der Waals surface area contributed by atoms with Gasteiger partial charge in [-0.05, 0) is 12.5 Å². The molecule has 0 spiro atoms. The van der Waals surface area contributed by atoms with E-state index in [2.05, 4.69) is 13.0 Å². The average molecular weight is 165 g/mol. The highest BCUT2D eigenvalue weighted by molar-refractivity contribution is 5.64. The first kappa shape index (κ1) is 10.9. The molecule has 0 saturated carbocycles. The van der Waals surface area contributed by atoms with Crippen LogP contribution in [0.4, 0.5) is 0 Å². The number of nitriles is 1. The zero-order chi connectivity index (χ0) is 9.23. The highest BCUT2D eigenvalue weighted by Gasteiger charge is 2.00. The van der Waals surface area contributed by atoms with Gasteiger partial charge in [-0.15, -0.1) is 0 Å². The van der Waals surface area contributed by atoms with Crippen LogP contribution in [-0.4, -0.2) is 6.29 Å². The number of nitrogens with zero attached hydrogens (tertiary/aromatic N) is 1. The smallest absolute Gasteiger partial charge is 0.142 e. The Balaban J connectivity index is 3.62. The summed E-state index contributed by atoms with van der Waals surface area (Å²) in [4.78, 5) is 9.96. The minimum absolute atomic E-state index is 0.0817. The Bertz CT molecular complexity index is 179. The molecule has 0 saturated heterocycles. The normalized spacial score (nSPS) is 12.7. The third kappa shape index (κ3) is 5.67. The van der Waals surface area contributed by atoms with Gasteiger partial charge in [0.2, 0.25) is 0 Å². The van der Waals surface area contributed by atoms with E-state index in [9.17, 15) is 4.79 Å². The van der Waals surface area contributed by atoms with Gasteiger partial charge < -0.3 is 0 Å². The van der Waals surface area contributed by atoms with E-state index in [1.54, 1.807) is 6.08 Å². The number of unbranched alkanes of at least 4 members (excludes halogenated alkanes) is 2. The van der Waals surface area contributed by atoms with Crippen molar-refractivity contribution in [2.45, 2.75) is 32.6 Å². The molecule has 0 aromatic carbocycles. The lowest BCUT2D eigenvalue weighted by Crippen LogP contribution is -1.92. The molecule has 0 amide bonds. The van der Waals surface area contributed by atoms with Crippen molar-refractivity contribution in [2.24, 2.45) is 5.92 Å². The fourth-order valence-corrected chi connectivity index (χ4v) is 0.998. The topological polar surface area (TPSA) is 40.9 Å². The van der Waals surface area contributed by atoms with Gasteiger partial charge in [0.15, 0.2) is 0 Å². The molecule has 12 heavy (non-hydrogen) atoms. The van der Waals surface area contributed by atoms with Crippen molar-refractivity contribution in [1.29, 1.82) is 5.26 Å². The van der Waals surface area contributed by atoms with E-state index >= 15 is 0 Å². The lowest BCUT2D eigenvalue weighted by atomic mass is 10.0. The molecule has 0 aliphatic heterocycles. The van der Waals surface area contributed by atoms with Crippen molar-refractivity contribution in [2.75, 3.05) is 0 Å². The van der Waals surface area contributed by atoms with Crippen LogP contribution in [0.2, 0.25) is 0 Å². The summed E-state index contributed by atoms with van der Waals surface area (Å²) in [6.07, 6.45) is 8.04. The molecule has 0 aliphatic carbocycles. The summed E-state index contributed by atoms with van der Waals surface area (Å²) in [6.45, 7) is 2.13. The maximum atomic E-state index is 9.96. The van der Waals surface area contributed by atoms with Crippen LogP contribution in [0.5, 0.6) is 0 Å². The zero-order valence-corrected chi connectivity index (χ0v) is 7.49. The molecular formula is C10H15NO. The summed E-state index contributed by atoms with van der Waals surface area (Å²) >= 11 is 0. The zero-order valence-electron chi connectivity index (χ0n) is 7.49. The van der Waals surface area contributed by atoms with Crippen LogP contribution in [0.25, 0.3) is 0 Å². The van der Waals surface area contributed by atoms with Gasteiger partial charge in [0.1, 0.15) is 6.29 Å². The second-order valence-electron chi connectivity index (χ2n) is 2.75. The molecule has 0 rings (SSSR count). The molecule has 1 unspecified atom stereocenters. The van der Waals surface area contributed by atoms with Crippen molar-refractivity contribution in [1.82, 2.24) is 0 Å². The average Bonchev–Trinajstić information content (AvgIpc) is 2.11. The van der Waals surface area contributed by atoms with Gasteiger partial charge in [0, 0.05) is 0 Å². The summed E-state index contributed by atoms with van der Waals surface area (Å²) in [5.41, 5.74) is 0. The van der Waals surface area contributed by atoms with Crippen LogP contribution in [0, 0.1) is 17.2 Å². The molecule has 1 atom stereocenters. The van der Waals surface area contributed by atoms with Crippen molar-refractivity contribution in [3.8, 4) is 6.07 Å². The van der Waals surface area contributed by atoms with E-state index in [4.69, 9.17) is 5.26 Å². The predicted molar refractivity (Wildman–Crippen MR) is 48.4 cm³/mol. The standard InChI is InChI=1S/C10H15NO/c1-2-3-4-6-10(9-11)7-5-8-12/h5,7-8,10H,2-4,6H2,1H3/b7-5+. The van der Waals surface area contributed by atoms with Gasteiger partial charge in [0.25, 0.3) is 0 Å². The molecule has 0 bridgehead atoms. The summed E-state index contributed by atoms with van der Waals surface area (Å²) in [5.74, 6) is -0.0817. The van der Waals surface area contributed by atoms with Crippen molar-refractivity contribution in [3.63, 3.8) is 0 Å². The minimum atomic E-state index is -0.0817. The van der Waals surface area contributed by atoms with Gasteiger partial charge in [-0.3, -0.25) is 4.79 Å². The second-order valence-corrected chi connectivity index (χ2v) is 2.75. The Hall–Kier alpha value is -1.10. The first-order chi connectivity index (χ1) is 5.85. The summed E-state index contributed by atoms with van der Waals surface area (Å²) < 4.78 is 0. The van der Waals surface area contributed by atoms with Crippen LogP contribution in [0.3, 0.4) is 0 Å². The van der Waals surface area contributed by atoms with Crippen LogP contribution in [0.15, 0.2) is 12.2 Å². The Kier molecular flexibility index (Phi) is 7.27. The van der Waals surface area contributed by atoms with Crippen molar-refractivity contribution >= 4 is 6.29 Å². The molecule has 0 aromatic rings. The quantitative estimate of drug-likeness (QED) is 0.344. The maximum Gasteiger partial charge on any atom is 0.142 e. The molecule has 2 nitrogen and oxygen atoms in total. The van der Waals surface area contributed by atoms with E-state index < -0.39 is 0 Å². The molecule has 0 aliphatic rings. The summed E-state index contributed by atoms with van der Waals surface area (Å²) in [5, 5.41) is 8.63. The lowest BCUT2D eigenvalue weighted by molar-refractivity contribution is -0.104. The lowest BCUT2D eigenvalue weighted by Gasteiger charge is -2.00. The van der Waals surface area contributed by atoms with Gasteiger partial charge >= 0.3 is 0 Å². The number of carbonyl (C=O) groups is 1. The number of allylic oxidation sites excluding steroid dienone is 2. The van der Waals surface area contributed by atoms with Crippen LogP contribution < -0.4 is 0 Å². The Morgan fingerprint density at radius 1 is 1.50 bits per heavy atom. The minimum Gasteiger partial charge on any atom is -0.299 e. The molecule has 0 N–H and O–H groups in total. The van der Waals surface area contributed by atoms with E-state index in [-0.39, 0.29) is 5.92 Å². The number of carbonyl (C=O) groups excluding carboxylic acids is 1. The van der Waals surface area contributed by atoms with Crippen molar-refractivity contribution < 1.29 is 4.79 Å². The number of hydrogen-bond acceptors (Lipinski definition) is 2. The third-order valence-corrected chi connectivity index (χ3v) is 1.71. The third-order valence-electron chi connectivity index (χ3n) is 1.71. The Morgan fingerprint density at radius 2 is 2.25 bits per heavy atom. The molecule has 0 fully saturated rings. The Labute approximate surface area is 73.9 Å². The number of rotatable bonds is 6. The number of aldehydes is 1. The second kappa shape index (κ2) is 8.00. The van der Waals surface area contributed by atoms with Crippen LogP contribution in [0.1, 0.15) is 32.6 Å². The van der Waals surface area contributed by atoms with Gasteiger partial charge in [-0.2, -0.15) is 5.26 Å². The van der Waals surface area contributed by atoms with Gasteiger partial charge in [-0.1, -0.05) is 32.3 Å². The molecule has 2 heteroatoms. The predicted octanol–water partition coefficient (Wildman–Crippen LogP) is 2.46. The van der Waals surface area contributed by atoms with E-state index in [1.165, 1.54) is 6.08 Å². The first-order valence-electron chi connectivity index (χ1n) is 4.36.